The first-order valence-electron chi connectivity index (χ1n) is 32.3. The van der Waals surface area contributed by atoms with E-state index in [4.69, 9.17) is 9.97 Å². The van der Waals surface area contributed by atoms with Gasteiger partial charge in [-0.25, -0.2) is 9.97 Å². The third-order valence-electron chi connectivity index (χ3n) is 19.2. The predicted octanol–water partition coefficient (Wildman–Crippen LogP) is 16.1. The largest absolute Gasteiger partial charge is 0.309 e. The summed E-state index contributed by atoms with van der Waals surface area (Å²) in [7, 11) is -6.25. The van der Waals surface area contributed by atoms with Gasteiger partial charge in [0.25, 0.3) is 0 Å². The van der Waals surface area contributed by atoms with Gasteiger partial charge in [0.2, 0.25) is 5.95 Å². The lowest BCUT2D eigenvalue weighted by atomic mass is 10.1. The minimum atomic E-state index is -3.13. The SMILES string of the molecule is c1ccc(-c2cccc([Si](c3ccccc3)(c3ccccc3)c3cccc(-c4cc(-c5cccc([Si](c6ccccc6)(c6ccccc6)c6cccc(-c7ccccc7)c6)c5)nc(-n5c6ccccc6c6ccc7c(c8ccccc8n7-c7ccccc7)c65)n4)c3)c2)cc1. The maximum absolute atomic E-state index is 5.94. The first-order valence-corrected chi connectivity index (χ1v) is 36.3. The van der Waals surface area contributed by atoms with Crippen molar-refractivity contribution in [2.24, 2.45) is 0 Å². The summed E-state index contributed by atoms with van der Waals surface area (Å²) in [6.45, 7) is 0. The second-order valence-electron chi connectivity index (χ2n) is 24.4. The van der Waals surface area contributed by atoms with E-state index in [1.807, 2.05) is 0 Å². The Balaban J connectivity index is 0.956. The van der Waals surface area contributed by atoms with Crippen molar-refractivity contribution in [1.82, 2.24) is 19.1 Å². The summed E-state index contributed by atoms with van der Waals surface area (Å²) in [5.41, 5.74) is 13.8. The van der Waals surface area contributed by atoms with Gasteiger partial charge in [0.15, 0.2) is 16.1 Å². The van der Waals surface area contributed by atoms with Gasteiger partial charge in [0, 0.05) is 38.4 Å². The molecule has 0 unspecified atom stereocenters. The van der Waals surface area contributed by atoms with Gasteiger partial charge in [-0.1, -0.05) is 340 Å². The van der Waals surface area contributed by atoms with Crippen molar-refractivity contribution in [3.8, 4) is 56.4 Å². The minimum absolute atomic E-state index is 0.592. The van der Waals surface area contributed by atoms with Crippen LogP contribution in [0.4, 0.5) is 0 Å². The molecule has 0 aliphatic carbocycles. The highest BCUT2D eigenvalue weighted by atomic mass is 28.3. The van der Waals surface area contributed by atoms with E-state index in [9.17, 15) is 0 Å². The third-order valence-corrected chi connectivity index (χ3v) is 28.7. The van der Waals surface area contributed by atoms with E-state index in [0.29, 0.717) is 5.95 Å². The highest BCUT2D eigenvalue weighted by Crippen LogP contribution is 2.42. The lowest BCUT2D eigenvalue weighted by molar-refractivity contribution is 0.998. The number of rotatable bonds is 14. The molecule has 0 atom stereocenters. The molecule has 94 heavy (non-hydrogen) atoms. The van der Waals surface area contributed by atoms with Crippen molar-refractivity contribution < 1.29 is 0 Å². The van der Waals surface area contributed by atoms with Gasteiger partial charge in [-0.2, -0.15) is 0 Å². The average Bonchev–Trinajstić information content (AvgIpc) is 1.47. The summed E-state index contributed by atoms with van der Waals surface area (Å²) >= 11 is 0. The van der Waals surface area contributed by atoms with Crippen molar-refractivity contribution in [2.45, 2.75) is 0 Å². The van der Waals surface area contributed by atoms with Crippen molar-refractivity contribution >= 4 is 101 Å². The summed E-state index contributed by atoms with van der Waals surface area (Å²) in [6, 6.07) is 139. The molecule has 442 valence electrons. The molecular formula is C88H62N4Si2. The fourth-order valence-electron chi connectivity index (χ4n) is 15.1. The van der Waals surface area contributed by atoms with E-state index in [1.54, 1.807) is 0 Å². The monoisotopic (exact) mass is 1230 g/mol. The number of fused-ring (bicyclic) bond motifs is 7. The highest BCUT2D eigenvalue weighted by molar-refractivity contribution is 7.20. The average molecular weight is 1230 g/mol. The summed E-state index contributed by atoms with van der Waals surface area (Å²) in [4.78, 5) is 11.9. The standard InChI is InChI=1S/C88H62N4Si2/c1-8-30-63(31-9-1)65-34-26-48-74(58-65)93(70-40-14-4-15-41-70,71-42-16-5-17-43-71)76-50-28-36-67(60-76)81-62-82(68-37-29-51-77(61-68)94(72-44-18-6-19-45-72,73-46-20-7-21-47-73)75-49-27-35-66(59-75)64-32-10-2-11-33-64)90-88(89-81)92-83-54-24-22-52-78(83)79-56-57-85-86(87(79)92)80-53-23-25-55-84(80)91(85)69-38-12-3-13-39-69/h1-62H. The summed E-state index contributed by atoms with van der Waals surface area (Å²) in [5, 5.41) is 14.9. The van der Waals surface area contributed by atoms with Crippen LogP contribution < -0.4 is 41.5 Å². The Morgan fingerprint density at radius 2 is 0.543 bits per heavy atom. The Bertz CT molecular complexity index is 5290. The molecule has 0 amide bonds. The maximum Gasteiger partial charge on any atom is 0.235 e. The normalized spacial score (nSPS) is 11.8. The predicted molar refractivity (Wildman–Crippen MR) is 400 cm³/mol. The quantitative estimate of drug-likeness (QED) is 0.0803. The van der Waals surface area contributed by atoms with Crippen LogP contribution in [0.5, 0.6) is 0 Å². The van der Waals surface area contributed by atoms with Crippen LogP contribution in [-0.4, -0.2) is 35.2 Å². The van der Waals surface area contributed by atoms with Crippen molar-refractivity contribution in [3.05, 3.63) is 376 Å². The Labute approximate surface area is 549 Å². The maximum atomic E-state index is 5.94. The van der Waals surface area contributed by atoms with E-state index in [-0.39, 0.29) is 0 Å². The van der Waals surface area contributed by atoms with E-state index in [1.165, 1.54) is 63.7 Å². The van der Waals surface area contributed by atoms with Gasteiger partial charge in [-0.05, 0) is 100 Å². The molecule has 4 nitrogen and oxygen atoms in total. The number of benzene rings is 14. The molecule has 3 aromatic heterocycles. The first kappa shape index (κ1) is 56.2. The number of hydrogen-bond donors (Lipinski definition) is 0. The minimum Gasteiger partial charge on any atom is -0.309 e. The molecule has 14 aromatic carbocycles. The Morgan fingerprint density at radius 1 is 0.213 bits per heavy atom. The fraction of sp³-hybridized carbons (Fsp3) is 0. The number of aromatic nitrogens is 4. The van der Waals surface area contributed by atoms with Crippen LogP contribution >= 0.6 is 0 Å². The molecule has 0 saturated heterocycles. The van der Waals surface area contributed by atoms with Crippen molar-refractivity contribution in [3.63, 3.8) is 0 Å². The van der Waals surface area contributed by atoms with Crippen molar-refractivity contribution in [2.75, 3.05) is 0 Å². The van der Waals surface area contributed by atoms with E-state index in [2.05, 4.69) is 385 Å². The summed E-state index contributed by atoms with van der Waals surface area (Å²) in [5.74, 6) is 0.592. The number of para-hydroxylation sites is 3. The highest BCUT2D eigenvalue weighted by Gasteiger charge is 2.43. The smallest absolute Gasteiger partial charge is 0.235 e. The molecule has 17 rings (SSSR count). The Kier molecular flexibility index (Phi) is 14.2. The molecule has 3 heterocycles. The topological polar surface area (TPSA) is 35.6 Å². The summed E-state index contributed by atoms with van der Waals surface area (Å²) in [6.07, 6.45) is 0. The molecule has 0 fully saturated rings. The summed E-state index contributed by atoms with van der Waals surface area (Å²) < 4.78 is 4.77. The molecule has 0 radical (unpaired) electrons. The van der Waals surface area contributed by atoms with Crippen LogP contribution in [0.1, 0.15) is 0 Å². The lowest BCUT2D eigenvalue weighted by Crippen LogP contribution is -2.74. The number of nitrogens with zero attached hydrogens (tertiary/aromatic N) is 4. The van der Waals surface area contributed by atoms with Gasteiger partial charge in [0.1, 0.15) is 0 Å². The molecule has 0 saturated carbocycles. The molecule has 0 aliphatic heterocycles. The molecule has 17 aromatic rings. The number of hydrogen-bond acceptors (Lipinski definition) is 2. The molecule has 0 N–H and O–H groups in total. The zero-order chi connectivity index (χ0) is 62.4. The van der Waals surface area contributed by atoms with Gasteiger partial charge >= 0.3 is 0 Å². The molecule has 0 spiro atoms. The lowest BCUT2D eigenvalue weighted by Gasteiger charge is -2.35. The van der Waals surface area contributed by atoms with E-state index in [0.717, 1.165) is 71.8 Å². The molecule has 0 bridgehead atoms. The Hall–Kier alpha value is -11.8. The van der Waals surface area contributed by atoms with Crippen LogP contribution in [0.15, 0.2) is 376 Å². The van der Waals surface area contributed by atoms with Crippen LogP contribution in [0, 0.1) is 0 Å². The second kappa shape index (κ2) is 23.8. The molecule has 0 aliphatic rings. The second-order valence-corrected chi connectivity index (χ2v) is 32.0. The molecule has 6 heteroatoms. The van der Waals surface area contributed by atoms with Gasteiger partial charge in [0.05, 0.1) is 33.5 Å². The zero-order valence-electron chi connectivity index (χ0n) is 51.6. The van der Waals surface area contributed by atoms with Gasteiger partial charge < -0.3 is 4.57 Å². The first-order chi connectivity index (χ1) is 46.6. The van der Waals surface area contributed by atoms with Crippen LogP contribution in [0.2, 0.25) is 0 Å². The van der Waals surface area contributed by atoms with Crippen LogP contribution in [-0.2, 0) is 0 Å². The molecular weight excluding hydrogens is 1170 g/mol. The van der Waals surface area contributed by atoms with Crippen molar-refractivity contribution in [1.29, 1.82) is 0 Å². The van der Waals surface area contributed by atoms with E-state index >= 15 is 0 Å². The fourth-order valence-corrected chi connectivity index (χ4v) is 24.7. The van der Waals surface area contributed by atoms with Gasteiger partial charge in [-0.3, -0.25) is 4.57 Å². The van der Waals surface area contributed by atoms with Crippen LogP contribution in [0.25, 0.3) is 100 Å². The zero-order valence-corrected chi connectivity index (χ0v) is 53.6. The Morgan fingerprint density at radius 3 is 0.979 bits per heavy atom. The third kappa shape index (κ3) is 9.41. The van der Waals surface area contributed by atoms with Crippen LogP contribution in [0.3, 0.4) is 0 Å². The van der Waals surface area contributed by atoms with E-state index < -0.39 is 16.1 Å². The van der Waals surface area contributed by atoms with Gasteiger partial charge in [-0.15, -0.1) is 0 Å².